The molecule has 0 bridgehead atoms. The number of pyridine rings is 1. The number of anilines is 2. The highest BCUT2D eigenvalue weighted by molar-refractivity contribution is 9.10. The average Bonchev–Trinajstić information content (AvgIpc) is 2.46. The Bertz CT molecular complexity index is 709. The maximum Gasteiger partial charge on any atom is 0.265 e. The van der Waals surface area contributed by atoms with Gasteiger partial charge in [-0.15, -0.1) is 0 Å². The molecule has 2 N–H and O–H groups in total. The first-order valence-electron chi connectivity index (χ1n) is 6.20. The monoisotopic (exact) mass is 371 g/mol. The Morgan fingerprint density at radius 2 is 1.95 bits per heavy atom. The molecule has 21 heavy (non-hydrogen) atoms. The van der Waals surface area contributed by atoms with Crippen molar-refractivity contribution in [2.45, 2.75) is 18.2 Å². The molecule has 0 radical (unpaired) electrons. The molecule has 2 rings (SSSR count). The van der Waals surface area contributed by atoms with Crippen LogP contribution in [0, 0.1) is 0 Å². The van der Waals surface area contributed by atoms with E-state index in [9.17, 15) is 8.42 Å². The van der Waals surface area contributed by atoms with Crippen molar-refractivity contribution in [2.24, 2.45) is 0 Å². The third kappa shape index (κ3) is 4.11. The fraction of sp³-hybridized carbons (Fsp3) is 0.250. The van der Waals surface area contributed by atoms with Gasteiger partial charge in [0.1, 0.15) is 17.0 Å². The molecule has 2 heterocycles. The van der Waals surface area contributed by atoms with Crippen LogP contribution in [-0.2, 0) is 10.0 Å². The van der Waals surface area contributed by atoms with Gasteiger partial charge in [-0.1, -0.05) is 6.92 Å². The summed E-state index contributed by atoms with van der Waals surface area (Å²) >= 11 is 3.24. The minimum Gasteiger partial charge on any atom is -0.369 e. The molecule has 2 aromatic heterocycles. The average molecular weight is 372 g/mol. The molecule has 0 atom stereocenters. The van der Waals surface area contributed by atoms with Gasteiger partial charge in [0.15, 0.2) is 0 Å². The van der Waals surface area contributed by atoms with Crippen molar-refractivity contribution >= 4 is 37.5 Å². The first-order chi connectivity index (χ1) is 10.0. The number of rotatable bonds is 6. The Kier molecular flexibility index (Phi) is 5.07. The van der Waals surface area contributed by atoms with Crippen LogP contribution in [-0.4, -0.2) is 29.9 Å². The van der Waals surface area contributed by atoms with Gasteiger partial charge in [-0.3, -0.25) is 4.72 Å². The maximum absolute atomic E-state index is 12.5. The molecule has 9 heteroatoms. The van der Waals surface area contributed by atoms with E-state index in [4.69, 9.17) is 0 Å². The minimum atomic E-state index is -3.78. The van der Waals surface area contributed by atoms with Crippen molar-refractivity contribution < 1.29 is 8.42 Å². The van der Waals surface area contributed by atoms with E-state index in [1.807, 2.05) is 6.92 Å². The highest BCUT2D eigenvalue weighted by Gasteiger charge is 2.20. The number of hydrogen-bond donors (Lipinski definition) is 2. The molecule has 2 aromatic rings. The highest BCUT2D eigenvalue weighted by atomic mass is 79.9. The SMILES string of the molecule is CCCNc1ncc(Br)cc1S(=O)(=O)Nc1cncnc1. The van der Waals surface area contributed by atoms with Gasteiger partial charge < -0.3 is 5.32 Å². The third-order valence-corrected chi connectivity index (χ3v) is 4.29. The van der Waals surface area contributed by atoms with Crippen LogP contribution in [0.25, 0.3) is 0 Å². The van der Waals surface area contributed by atoms with Gasteiger partial charge >= 0.3 is 0 Å². The lowest BCUT2D eigenvalue weighted by Gasteiger charge is -2.12. The second-order valence-electron chi connectivity index (χ2n) is 4.16. The first-order valence-corrected chi connectivity index (χ1v) is 8.48. The van der Waals surface area contributed by atoms with E-state index in [1.54, 1.807) is 6.20 Å². The predicted molar refractivity (Wildman–Crippen MR) is 83.6 cm³/mol. The lowest BCUT2D eigenvalue weighted by Crippen LogP contribution is -2.17. The third-order valence-electron chi connectivity index (χ3n) is 2.46. The van der Waals surface area contributed by atoms with E-state index >= 15 is 0 Å². The molecule has 0 unspecified atom stereocenters. The molecule has 0 saturated heterocycles. The normalized spacial score (nSPS) is 11.1. The molecule has 0 aliphatic heterocycles. The zero-order chi connectivity index (χ0) is 15.3. The summed E-state index contributed by atoms with van der Waals surface area (Å²) in [7, 11) is -3.78. The zero-order valence-electron chi connectivity index (χ0n) is 11.2. The topological polar surface area (TPSA) is 96.9 Å². The molecule has 0 aromatic carbocycles. The summed E-state index contributed by atoms with van der Waals surface area (Å²) in [5.74, 6) is 0.310. The van der Waals surface area contributed by atoms with E-state index in [0.717, 1.165) is 6.42 Å². The van der Waals surface area contributed by atoms with E-state index in [1.165, 1.54) is 24.8 Å². The molecule has 0 aliphatic carbocycles. The summed E-state index contributed by atoms with van der Waals surface area (Å²) in [5.41, 5.74) is 0.291. The Balaban J connectivity index is 2.36. The molecular weight excluding hydrogens is 358 g/mol. The van der Waals surface area contributed by atoms with E-state index in [-0.39, 0.29) is 4.90 Å². The van der Waals surface area contributed by atoms with Crippen molar-refractivity contribution in [1.82, 2.24) is 15.0 Å². The zero-order valence-corrected chi connectivity index (χ0v) is 13.6. The molecule has 7 nitrogen and oxygen atoms in total. The van der Waals surface area contributed by atoms with E-state index in [0.29, 0.717) is 22.5 Å². The Morgan fingerprint density at radius 3 is 2.62 bits per heavy atom. The van der Waals surface area contributed by atoms with Gasteiger partial charge in [0, 0.05) is 17.2 Å². The fourth-order valence-corrected chi connectivity index (χ4v) is 3.23. The molecule has 112 valence electrons. The smallest absolute Gasteiger partial charge is 0.265 e. The molecule has 0 amide bonds. The van der Waals surface area contributed by atoms with Gasteiger partial charge in [-0.25, -0.2) is 23.4 Å². The standard InChI is InChI=1S/C12H14BrN5O2S/c1-2-3-16-12-11(4-9(13)5-17-12)21(19,20)18-10-6-14-8-15-7-10/h4-8,18H,2-3H2,1H3,(H,16,17). The highest BCUT2D eigenvalue weighted by Crippen LogP contribution is 2.24. The van der Waals surface area contributed by atoms with Crippen LogP contribution in [0.4, 0.5) is 11.5 Å². The van der Waals surface area contributed by atoms with Crippen LogP contribution in [0.2, 0.25) is 0 Å². The van der Waals surface area contributed by atoms with Gasteiger partial charge in [0.2, 0.25) is 0 Å². The fourth-order valence-electron chi connectivity index (χ4n) is 1.56. The van der Waals surface area contributed by atoms with Crippen LogP contribution < -0.4 is 10.0 Å². The lowest BCUT2D eigenvalue weighted by molar-refractivity contribution is 0.601. The molecule has 0 aliphatic rings. The van der Waals surface area contributed by atoms with Crippen molar-refractivity contribution in [3.8, 4) is 0 Å². The Hall–Kier alpha value is -1.74. The summed E-state index contributed by atoms with van der Waals surface area (Å²) in [6, 6.07) is 1.50. The Morgan fingerprint density at radius 1 is 1.24 bits per heavy atom. The summed E-state index contributed by atoms with van der Waals surface area (Å²) in [4.78, 5) is 11.7. The van der Waals surface area contributed by atoms with Gasteiger partial charge in [0.05, 0.1) is 18.1 Å². The lowest BCUT2D eigenvalue weighted by atomic mass is 10.4. The number of halogens is 1. The number of nitrogens with zero attached hydrogens (tertiary/aromatic N) is 3. The van der Waals surface area contributed by atoms with Gasteiger partial charge in [0.25, 0.3) is 10.0 Å². The second kappa shape index (κ2) is 6.81. The van der Waals surface area contributed by atoms with Crippen LogP contribution >= 0.6 is 15.9 Å². The van der Waals surface area contributed by atoms with Gasteiger partial charge in [-0.2, -0.15) is 0 Å². The van der Waals surface area contributed by atoms with Crippen molar-refractivity contribution in [3.05, 3.63) is 35.5 Å². The molecular formula is C12H14BrN5O2S. The quantitative estimate of drug-likeness (QED) is 0.808. The molecule has 0 fully saturated rings. The number of hydrogen-bond acceptors (Lipinski definition) is 6. The number of sulfonamides is 1. The van der Waals surface area contributed by atoms with Crippen LogP contribution in [0.5, 0.6) is 0 Å². The summed E-state index contributed by atoms with van der Waals surface area (Å²) in [6.45, 7) is 2.62. The van der Waals surface area contributed by atoms with Crippen molar-refractivity contribution in [1.29, 1.82) is 0 Å². The number of nitrogens with one attached hydrogen (secondary N) is 2. The number of aromatic nitrogens is 3. The summed E-state index contributed by atoms with van der Waals surface area (Å²) in [6.07, 6.45) is 6.50. The van der Waals surface area contributed by atoms with E-state index < -0.39 is 10.0 Å². The second-order valence-corrected chi connectivity index (χ2v) is 6.73. The predicted octanol–water partition coefficient (Wildman–Crippen LogP) is 2.26. The maximum atomic E-state index is 12.5. The summed E-state index contributed by atoms with van der Waals surface area (Å²) < 4.78 is 27.9. The molecule has 0 spiro atoms. The minimum absolute atomic E-state index is 0.0641. The Labute approximate surface area is 131 Å². The molecule has 0 saturated carbocycles. The summed E-state index contributed by atoms with van der Waals surface area (Å²) in [5, 5.41) is 3.00. The van der Waals surface area contributed by atoms with Crippen LogP contribution in [0.15, 0.2) is 40.4 Å². The van der Waals surface area contributed by atoms with Crippen molar-refractivity contribution in [3.63, 3.8) is 0 Å². The largest absolute Gasteiger partial charge is 0.369 e. The first kappa shape index (κ1) is 15.6. The van der Waals surface area contributed by atoms with E-state index in [2.05, 4.69) is 40.9 Å². The van der Waals surface area contributed by atoms with Crippen LogP contribution in [0.3, 0.4) is 0 Å². The van der Waals surface area contributed by atoms with Crippen molar-refractivity contribution in [2.75, 3.05) is 16.6 Å². The van der Waals surface area contributed by atoms with Gasteiger partial charge in [-0.05, 0) is 28.4 Å². The van der Waals surface area contributed by atoms with Crippen LogP contribution in [0.1, 0.15) is 13.3 Å².